The molecular formula is C22H23N3O2. The number of aryl methyl sites for hydroxylation is 1. The SMILES string of the molecule is COc1cccc(CN2CCc3c(nc(-c4ccc(C)cc4)[nH]c3=O)C2)c1. The number of aromatic nitrogens is 2. The number of hydrogen-bond donors (Lipinski definition) is 1. The smallest absolute Gasteiger partial charge is 0.254 e. The van der Waals surface area contributed by atoms with Crippen LogP contribution in [0.3, 0.4) is 0 Å². The Morgan fingerprint density at radius 3 is 2.78 bits per heavy atom. The first kappa shape index (κ1) is 17.5. The summed E-state index contributed by atoms with van der Waals surface area (Å²) in [5.74, 6) is 1.50. The van der Waals surface area contributed by atoms with Crippen LogP contribution in [-0.4, -0.2) is 28.5 Å². The van der Waals surface area contributed by atoms with Gasteiger partial charge in [0.25, 0.3) is 5.56 Å². The van der Waals surface area contributed by atoms with Crippen molar-refractivity contribution in [1.82, 2.24) is 14.9 Å². The molecule has 5 heteroatoms. The lowest BCUT2D eigenvalue weighted by atomic mass is 10.0. The van der Waals surface area contributed by atoms with Crippen molar-refractivity contribution in [2.45, 2.75) is 26.4 Å². The number of nitrogens with one attached hydrogen (secondary N) is 1. The van der Waals surface area contributed by atoms with Crippen LogP contribution in [0.4, 0.5) is 0 Å². The number of aromatic amines is 1. The minimum absolute atomic E-state index is 0.0170. The summed E-state index contributed by atoms with van der Waals surface area (Å²) in [6.07, 6.45) is 0.718. The van der Waals surface area contributed by atoms with Crippen molar-refractivity contribution < 1.29 is 4.74 Å². The Morgan fingerprint density at radius 1 is 1.19 bits per heavy atom. The van der Waals surface area contributed by atoms with E-state index in [1.807, 2.05) is 43.3 Å². The van der Waals surface area contributed by atoms with E-state index in [1.54, 1.807) is 7.11 Å². The Kier molecular flexibility index (Phi) is 4.77. The lowest BCUT2D eigenvalue weighted by molar-refractivity contribution is 0.240. The number of benzene rings is 2. The van der Waals surface area contributed by atoms with Gasteiger partial charge in [-0.05, 0) is 31.0 Å². The molecule has 0 aliphatic carbocycles. The Bertz CT molecular complexity index is 1010. The van der Waals surface area contributed by atoms with E-state index < -0.39 is 0 Å². The molecule has 0 spiro atoms. The second kappa shape index (κ2) is 7.37. The Morgan fingerprint density at radius 2 is 2.00 bits per heavy atom. The number of hydrogen-bond acceptors (Lipinski definition) is 4. The van der Waals surface area contributed by atoms with Crippen molar-refractivity contribution in [3.05, 3.63) is 81.3 Å². The topological polar surface area (TPSA) is 58.2 Å². The molecule has 0 bridgehead atoms. The number of fused-ring (bicyclic) bond motifs is 1. The van der Waals surface area contributed by atoms with Crippen LogP contribution in [0.1, 0.15) is 22.4 Å². The molecule has 0 unspecified atom stereocenters. The van der Waals surface area contributed by atoms with Crippen LogP contribution in [0.25, 0.3) is 11.4 Å². The molecule has 2 heterocycles. The van der Waals surface area contributed by atoms with E-state index in [2.05, 4.69) is 22.0 Å². The summed E-state index contributed by atoms with van der Waals surface area (Å²) in [5.41, 5.74) is 4.99. The van der Waals surface area contributed by atoms with Crippen molar-refractivity contribution in [3.8, 4) is 17.1 Å². The van der Waals surface area contributed by atoms with Crippen LogP contribution in [0.15, 0.2) is 53.3 Å². The van der Waals surface area contributed by atoms with Gasteiger partial charge < -0.3 is 9.72 Å². The van der Waals surface area contributed by atoms with Gasteiger partial charge in [0.1, 0.15) is 11.6 Å². The van der Waals surface area contributed by atoms with Crippen LogP contribution in [0.2, 0.25) is 0 Å². The maximum absolute atomic E-state index is 12.5. The maximum atomic E-state index is 12.5. The van der Waals surface area contributed by atoms with Gasteiger partial charge in [-0.3, -0.25) is 9.69 Å². The summed E-state index contributed by atoms with van der Waals surface area (Å²) in [5, 5.41) is 0. The van der Waals surface area contributed by atoms with Gasteiger partial charge in [0, 0.05) is 30.8 Å². The Balaban J connectivity index is 1.59. The highest BCUT2D eigenvalue weighted by Gasteiger charge is 2.21. The second-order valence-electron chi connectivity index (χ2n) is 7.02. The van der Waals surface area contributed by atoms with E-state index in [4.69, 9.17) is 9.72 Å². The largest absolute Gasteiger partial charge is 0.497 e. The number of rotatable bonds is 4. The van der Waals surface area contributed by atoms with E-state index in [9.17, 15) is 4.79 Å². The highest BCUT2D eigenvalue weighted by molar-refractivity contribution is 5.55. The summed E-state index contributed by atoms with van der Waals surface area (Å²) < 4.78 is 5.31. The van der Waals surface area contributed by atoms with Crippen molar-refractivity contribution in [1.29, 1.82) is 0 Å². The fourth-order valence-electron chi connectivity index (χ4n) is 3.51. The van der Waals surface area contributed by atoms with Gasteiger partial charge in [0.15, 0.2) is 0 Å². The first-order valence-corrected chi connectivity index (χ1v) is 9.17. The first-order chi connectivity index (χ1) is 13.1. The van der Waals surface area contributed by atoms with Crippen molar-refractivity contribution in [3.63, 3.8) is 0 Å². The van der Waals surface area contributed by atoms with E-state index in [0.29, 0.717) is 12.4 Å². The molecule has 0 amide bonds. The monoisotopic (exact) mass is 361 g/mol. The van der Waals surface area contributed by atoms with Crippen molar-refractivity contribution >= 4 is 0 Å². The van der Waals surface area contributed by atoms with E-state index in [0.717, 1.165) is 42.1 Å². The molecule has 27 heavy (non-hydrogen) atoms. The van der Waals surface area contributed by atoms with E-state index >= 15 is 0 Å². The summed E-state index contributed by atoms with van der Waals surface area (Å²) >= 11 is 0. The molecule has 4 rings (SSSR count). The first-order valence-electron chi connectivity index (χ1n) is 9.17. The minimum Gasteiger partial charge on any atom is -0.497 e. The number of nitrogens with zero attached hydrogens (tertiary/aromatic N) is 2. The molecular weight excluding hydrogens is 338 g/mol. The molecule has 2 aromatic carbocycles. The molecule has 1 N–H and O–H groups in total. The predicted molar refractivity (Wildman–Crippen MR) is 106 cm³/mol. The molecule has 1 aromatic heterocycles. The lowest BCUT2D eigenvalue weighted by Crippen LogP contribution is -2.35. The maximum Gasteiger partial charge on any atom is 0.254 e. The van der Waals surface area contributed by atoms with Crippen molar-refractivity contribution in [2.75, 3.05) is 13.7 Å². The van der Waals surface area contributed by atoms with Gasteiger partial charge in [0.2, 0.25) is 0 Å². The third kappa shape index (κ3) is 3.78. The summed E-state index contributed by atoms with van der Waals surface area (Å²) in [6.45, 7) is 4.38. The van der Waals surface area contributed by atoms with Crippen molar-refractivity contribution in [2.24, 2.45) is 0 Å². The third-order valence-electron chi connectivity index (χ3n) is 5.02. The molecule has 0 fully saturated rings. The number of ether oxygens (including phenoxy) is 1. The fraction of sp³-hybridized carbons (Fsp3) is 0.273. The van der Waals surface area contributed by atoms with Crippen LogP contribution < -0.4 is 10.3 Å². The Hall–Kier alpha value is -2.92. The highest BCUT2D eigenvalue weighted by atomic mass is 16.5. The lowest BCUT2D eigenvalue weighted by Gasteiger charge is -2.27. The van der Waals surface area contributed by atoms with E-state index in [-0.39, 0.29) is 5.56 Å². The van der Waals surface area contributed by atoms with Gasteiger partial charge in [-0.25, -0.2) is 4.98 Å². The Labute approximate surface area is 158 Å². The summed E-state index contributed by atoms with van der Waals surface area (Å²) in [6, 6.07) is 16.2. The zero-order chi connectivity index (χ0) is 18.8. The quantitative estimate of drug-likeness (QED) is 0.775. The van der Waals surface area contributed by atoms with Crippen LogP contribution in [0, 0.1) is 6.92 Å². The summed E-state index contributed by atoms with van der Waals surface area (Å²) in [4.78, 5) is 22.6. The van der Waals surface area contributed by atoms with Crippen LogP contribution in [-0.2, 0) is 19.5 Å². The predicted octanol–water partition coefficient (Wildman–Crippen LogP) is 3.31. The zero-order valence-corrected chi connectivity index (χ0v) is 15.7. The molecule has 0 radical (unpaired) electrons. The van der Waals surface area contributed by atoms with Gasteiger partial charge in [-0.15, -0.1) is 0 Å². The van der Waals surface area contributed by atoms with Gasteiger partial charge in [-0.2, -0.15) is 0 Å². The molecule has 1 aliphatic rings. The molecule has 1 aliphatic heterocycles. The highest BCUT2D eigenvalue weighted by Crippen LogP contribution is 2.21. The minimum atomic E-state index is -0.0170. The average molecular weight is 361 g/mol. The average Bonchev–Trinajstić information content (AvgIpc) is 2.68. The molecule has 138 valence electrons. The number of H-pyrrole nitrogens is 1. The van der Waals surface area contributed by atoms with E-state index in [1.165, 1.54) is 11.1 Å². The second-order valence-corrected chi connectivity index (χ2v) is 7.02. The number of methoxy groups -OCH3 is 1. The standard InChI is InChI=1S/C22H23N3O2/c1-15-6-8-17(9-7-15)21-23-20-14-25(11-10-19(20)22(26)24-21)13-16-4-3-5-18(12-16)27-2/h3-9,12H,10-11,13-14H2,1-2H3,(H,23,24,26). The van der Waals surface area contributed by atoms with Gasteiger partial charge >= 0.3 is 0 Å². The fourth-order valence-corrected chi connectivity index (χ4v) is 3.51. The molecule has 0 saturated heterocycles. The van der Waals surface area contributed by atoms with Gasteiger partial charge in [-0.1, -0.05) is 42.0 Å². The molecule has 3 aromatic rings. The summed E-state index contributed by atoms with van der Waals surface area (Å²) in [7, 11) is 1.68. The third-order valence-corrected chi connectivity index (χ3v) is 5.02. The van der Waals surface area contributed by atoms with Crippen LogP contribution >= 0.6 is 0 Å². The molecule has 0 saturated carbocycles. The van der Waals surface area contributed by atoms with Crippen LogP contribution in [0.5, 0.6) is 5.75 Å². The normalized spacial score (nSPS) is 14.0. The molecule has 5 nitrogen and oxygen atoms in total. The van der Waals surface area contributed by atoms with Gasteiger partial charge in [0.05, 0.1) is 12.8 Å². The molecule has 0 atom stereocenters. The zero-order valence-electron chi connectivity index (χ0n) is 15.7.